The number of aromatic nitrogens is 2. The summed E-state index contributed by atoms with van der Waals surface area (Å²) < 4.78 is 5.13. The maximum atomic E-state index is 12.3. The molecule has 0 saturated carbocycles. The van der Waals surface area contributed by atoms with Gasteiger partial charge in [0.25, 0.3) is 0 Å². The van der Waals surface area contributed by atoms with Crippen molar-refractivity contribution in [1.29, 1.82) is 0 Å². The SMILES string of the molecule is COc1ccc(CC(=O)Nc2cccc(Nc3nc(C)cc(C)n3)c2)cc1. The summed E-state index contributed by atoms with van der Waals surface area (Å²) in [6.07, 6.45) is 0.293. The number of hydrogen-bond donors (Lipinski definition) is 2. The molecule has 0 bridgehead atoms. The van der Waals surface area contributed by atoms with Gasteiger partial charge in [-0.3, -0.25) is 4.79 Å². The summed E-state index contributed by atoms with van der Waals surface area (Å²) in [5.41, 5.74) is 4.24. The van der Waals surface area contributed by atoms with E-state index in [1.54, 1.807) is 7.11 Å². The van der Waals surface area contributed by atoms with Gasteiger partial charge < -0.3 is 15.4 Å². The van der Waals surface area contributed by atoms with E-state index in [9.17, 15) is 4.79 Å². The fourth-order valence-electron chi connectivity index (χ4n) is 2.72. The number of nitrogens with zero attached hydrogens (tertiary/aromatic N) is 2. The van der Waals surface area contributed by atoms with Crippen LogP contribution in [0.2, 0.25) is 0 Å². The molecule has 1 amide bonds. The van der Waals surface area contributed by atoms with E-state index >= 15 is 0 Å². The van der Waals surface area contributed by atoms with Crippen LogP contribution in [0.3, 0.4) is 0 Å². The Bertz CT molecular complexity index is 919. The van der Waals surface area contributed by atoms with Crippen molar-refractivity contribution in [3.8, 4) is 5.75 Å². The number of methoxy groups -OCH3 is 1. The molecule has 0 saturated heterocycles. The molecular weight excluding hydrogens is 340 g/mol. The quantitative estimate of drug-likeness (QED) is 0.692. The van der Waals surface area contributed by atoms with Gasteiger partial charge >= 0.3 is 0 Å². The summed E-state index contributed by atoms with van der Waals surface area (Å²) in [5.74, 6) is 1.22. The standard InChI is InChI=1S/C21H22N4O2/c1-14-11-15(2)23-21(22-14)25-18-6-4-5-17(13-18)24-20(26)12-16-7-9-19(27-3)10-8-16/h4-11,13H,12H2,1-3H3,(H,24,26)(H,22,23,25). The number of nitrogens with one attached hydrogen (secondary N) is 2. The number of rotatable bonds is 6. The van der Waals surface area contributed by atoms with Gasteiger partial charge in [0.2, 0.25) is 11.9 Å². The van der Waals surface area contributed by atoms with Crippen LogP contribution >= 0.6 is 0 Å². The minimum absolute atomic E-state index is 0.0834. The van der Waals surface area contributed by atoms with E-state index < -0.39 is 0 Å². The Kier molecular flexibility index (Phi) is 5.66. The van der Waals surface area contributed by atoms with Crippen molar-refractivity contribution in [3.05, 3.63) is 71.5 Å². The van der Waals surface area contributed by atoms with Gasteiger partial charge in [-0.25, -0.2) is 9.97 Å². The maximum absolute atomic E-state index is 12.3. The largest absolute Gasteiger partial charge is 0.497 e. The molecule has 27 heavy (non-hydrogen) atoms. The Morgan fingerprint density at radius 2 is 1.63 bits per heavy atom. The molecule has 6 nitrogen and oxygen atoms in total. The predicted octanol–water partition coefficient (Wildman–Crippen LogP) is 4.03. The average Bonchev–Trinajstić information content (AvgIpc) is 2.61. The predicted molar refractivity (Wildman–Crippen MR) is 107 cm³/mol. The van der Waals surface area contributed by atoms with Crippen LogP contribution in [0.5, 0.6) is 5.75 Å². The van der Waals surface area contributed by atoms with E-state index in [-0.39, 0.29) is 5.91 Å². The molecule has 0 aliphatic heterocycles. The second kappa shape index (κ2) is 8.31. The highest BCUT2D eigenvalue weighted by molar-refractivity contribution is 5.92. The number of hydrogen-bond acceptors (Lipinski definition) is 5. The lowest BCUT2D eigenvalue weighted by Crippen LogP contribution is -2.14. The second-order valence-corrected chi connectivity index (χ2v) is 6.25. The zero-order chi connectivity index (χ0) is 19.2. The first-order valence-corrected chi connectivity index (χ1v) is 8.64. The zero-order valence-corrected chi connectivity index (χ0v) is 15.6. The van der Waals surface area contributed by atoms with E-state index in [0.29, 0.717) is 18.1 Å². The van der Waals surface area contributed by atoms with Gasteiger partial charge in [0.1, 0.15) is 5.75 Å². The highest BCUT2D eigenvalue weighted by Gasteiger charge is 2.06. The van der Waals surface area contributed by atoms with Crippen molar-refractivity contribution in [1.82, 2.24) is 9.97 Å². The monoisotopic (exact) mass is 362 g/mol. The summed E-state index contributed by atoms with van der Waals surface area (Å²) in [5, 5.41) is 6.09. The summed E-state index contributed by atoms with van der Waals surface area (Å²) in [6, 6.07) is 16.8. The summed E-state index contributed by atoms with van der Waals surface area (Å²) in [7, 11) is 1.62. The van der Waals surface area contributed by atoms with Crippen molar-refractivity contribution >= 4 is 23.2 Å². The third-order valence-electron chi connectivity index (χ3n) is 3.91. The number of amides is 1. The van der Waals surface area contributed by atoms with Crippen molar-refractivity contribution in [2.24, 2.45) is 0 Å². The first-order valence-electron chi connectivity index (χ1n) is 8.64. The Morgan fingerprint density at radius 3 is 2.30 bits per heavy atom. The number of ether oxygens (including phenoxy) is 1. The second-order valence-electron chi connectivity index (χ2n) is 6.25. The van der Waals surface area contributed by atoms with Gasteiger partial charge in [0, 0.05) is 22.8 Å². The minimum Gasteiger partial charge on any atom is -0.497 e. The summed E-state index contributed by atoms with van der Waals surface area (Å²) in [4.78, 5) is 21.0. The van der Waals surface area contributed by atoms with E-state index in [1.807, 2.05) is 68.4 Å². The van der Waals surface area contributed by atoms with Crippen LogP contribution in [0.15, 0.2) is 54.6 Å². The first kappa shape index (κ1) is 18.4. The van der Waals surface area contributed by atoms with E-state index in [2.05, 4.69) is 20.6 Å². The lowest BCUT2D eigenvalue weighted by atomic mass is 10.1. The number of carbonyl (C=O) groups excluding carboxylic acids is 1. The van der Waals surface area contributed by atoms with Gasteiger partial charge in [-0.05, 0) is 55.8 Å². The highest BCUT2D eigenvalue weighted by atomic mass is 16.5. The van der Waals surface area contributed by atoms with E-state index in [0.717, 1.165) is 28.4 Å². The van der Waals surface area contributed by atoms with Crippen LogP contribution < -0.4 is 15.4 Å². The molecule has 0 radical (unpaired) electrons. The Labute approximate surface area is 158 Å². The molecule has 2 aromatic carbocycles. The lowest BCUT2D eigenvalue weighted by Gasteiger charge is -2.10. The topological polar surface area (TPSA) is 76.1 Å². The minimum atomic E-state index is -0.0834. The molecule has 3 rings (SSSR count). The first-order chi connectivity index (χ1) is 13.0. The highest BCUT2D eigenvalue weighted by Crippen LogP contribution is 2.19. The fourth-order valence-corrected chi connectivity index (χ4v) is 2.72. The van der Waals surface area contributed by atoms with Crippen LogP contribution in [-0.4, -0.2) is 23.0 Å². The molecule has 0 fully saturated rings. The molecule has 0 aliphatic rings. The van der Waals surface area contributed by atoms with Gasteiger partial charge in [0.15, 0.2) is 0 Å². The zero-order valence-electron chi connectivity index (χ0n) is 15.6. The van der Waals surface area contributed by atoms with Gasteiger partial charge in [-0.1, -0.05) is 18.2 Å². The van der Waals surface area contributed by atoms with Crippen molar-refractivity contribution in [2.45, 2.75) is 20.3 Å². The molecular formula is C21H22N4O2. The van der Waals surface area contributed by atoms with Crippen molar-refractivity contribution in [3.63, 3.8) is 0 Å². The lowest BCUT2D eigenvalue weighted by molar-refractivity contribution is -0.115. The summed E-state index contributed by atoms with van der Waals surface area (Å²) in [6.45, 7) is 3.85. The van der Waals surface area contributed by atoms with Crippen molar-refractivity contribution in [2.75, 3.05) is 17.7 Å². The Morgan fingerprint density at radius 1 is 0.963 bits per heavy atom. The summed E-state index contributed by atoms with van der Waals surface area (Å²) >= 11 is 0. The van der Waals surface area contributed by atoms with Gasteiger partial charge in [-0.15, -0.1) is 0 Å². The number of aryl methyl sites for hydroxylation is 2. The molecule has 1 aromatic heterocycles. The molecule has 6 heteroatoms. The Balaban J connectivity index is 1.65. The van der Waals surface area contributed by atoms with Crippen molar-refractivity contribution < 1.29 is 9.53 Å². The van der Waals surface area contributed by atoms with Gasteiger partial charge in [-0.2, -0.15) is 0 Å². The number of carbonyl (C=O) groups is 1. The molecule has 2 N–H and O–H groups in total. The van der Waals surface area contributed by atoms with E-state index in [1.165, 1.54) is 0 Å². The maximum Gasteiger partial charge on any atom is 0.228 e. The molecule has 3 aromatic rings. The molecule has 0 unspecified atom stereocenters. The molecule has 0 spiro atoms. The van der Waals surface area contributed by atoms with Crippen LogP contribution in [0.4, 0.5) is 17.3 Å². The third kappa shape index (κ3) is 5.28. The number of anilines is 3. The van der Waals surface area contributed by atoms with Crippen LogP contribution in [0.1, 0.15) is 17.0 Å². The molecule has 0 aliphatic carbocycles. The van der Waals surface area contributed by atoms with Gasteiger partial charge in [0.05, 0.1) is 13.5 Å². The molecule has 138 valence electrons. The normalized spacial score (nSPS) is 10.3. The van der Waals surface area contributed by atoms with Crippen LogP contribution in [0.25, 0.3) is 0 Å². The van der Waals surface area contributed by atoms with E-state index in [4.69, 9.17) is 4.74 Å². The Hall–Kier alpha value is -3.41. The smallest absolute Gasteiger partial charge is 0.228 e. The van der Waals surface area contributed by atoms with Crippen LogP contribution in [0, 0.1) is 13.8 Å². The van der Waals surface area contributed by atoms with Crippen LogP contribution in [-0.2, 0) is 11.2 Å². The number of benzene rings is 2. The third-order valence-corrected chi connectivity index (χ3v) is 3.91. The molecule has 1 heterocycles. The fraction of sp³-hybridized carbons (Fsp3) is 0.190. The average molecular weight is 362 g/mol. The molecule has 0 atom stereocenters.